The number of aromatic amines is 1. The maximum absolute atomic E-state index is 13.1. The van der Waals surface area contributed by atoms with Gasteiger partial charge in [-0.25, -0.2) is 0 Å². The predicted molar refractivity (Wildman–Crippen MR) is 104 cm³/mol. The average molecular weight is 359 g/mol. The molecule has 3 aromatic heterocycles. The number of rotatable bonds is 2. The first kappa shape index (κ1) is 16.1. The molecule has 0 saturated carbocycles. The fourth-order valence-corrected chi connectivity index (χ4v) is 4.04. The summed E-state index contributed by atoms with van der Waals surface area (Å²) < 4.78 is 2.03. The van der Waals surface area contributed by atoms with E-state index in [0.29, 0.717) is 12.2 Å². The number of benzene rings is 1. The minimum absolute atomic E-state index is 0.0578. The van der Waals surface area contributed by atoms with Crippen LogP contribution in [-0.4, -0.2) is 43.5 Å². The molecule has 1 aliphatic rings. The van der Waals surface area contributed by atoms with Gasteiger partial charge < -0.3 is 9.88 Å². The maximum Gasteiger partial charge on any atom is 0.270 e. The monoisotopic (exact) mass is 359 g/mol. The maximum atomic E-state index is 13.1. The first-order chi connectivity index (χ1) is 13.2. The predicted octanol–water partition coefficient (Wildman–Crippen LogP) is 3.54. The van der Waals surface area contributed by atoms with E-state index in [-0.39, 0.29) is 11.8 Å². The second-order valence-corrected chi connectivity index (χ2v) is 7.35. The van der Waals surface area contributed by atoms with Gasteiger partial charge >= 0.3 is 0 Å². The number of amides is 1. The van der Waals surface area contributed by atoms with Crippen LogP contribution in [0.2, 0.25) is 0 Å². The van der Waals surface area contributed by atoms with Crippen molar-refractivity contribution < 1.29 is 4.79 Å². The molecule has 1 atom stereocenters. The van der Waals surface area contributed by atoms with Gasteiger partial charge in [0.1, 0.15) is 11.5 Å². The lowest BCUT2D eigenvalue weighted by molar-refractivity contribution is 0.0699. The molecule has 1 unspecified atom stereocenters. The second kappa shape index (κ2) is 6.23. The lowest BCUT2D eigenvalue weighted by atomic mass is 9.97. The topological polar surface area (TPSA) is 66.3 Å². The lowest BCUT2D eigenvalue weighted by Crippen LogP contribution is -2.39. The molecular weight excluding hydrogens is 338 g/mol. The zero-order valence-electron chi connectivity index (χ0n) is 15.2. The van der Waals surface area contributed by atoms with Gasteiger partial charge in [0, 0.05) is 36.1 Å². The second-order valence-electron chi connectivity index (χ2n) is 7.35. The summed E-state index contributed by atoms with van der Waals surface area (Å²) in [6, 6.07) is 14.0. The van der Waals surface area contributed by atoms with E-state index in [2.05, 4.69) is 40.3 Å². The van der Waals surface area contributed by atoms with Gasteiger partial charge in [0.25, 0.3) is 5.91 Å². The largest absolute Gasteiger partial charge is 0.351 e. The summed E-state index contributed by atoms with van der Waals surface area (Å²) in [5.41, 5.74) is 3.69. The molecule has 0 aliphatic carbocycles. The third kappa shape index (κ3) is 2.77. The number of H-pyrrole nitrogens is 1. The number of pyridine rings is 1. The Hall–Kier alpha value is -3.15. The highest BCUT2D eigenvalue weighted by molar-refractivity contribution is 5.98. The summed E-state index contributed by atoms with van der Waals surface area (Å²) in [5, 5.41) is 9.73. The Morgan fingerprint density at radius 3 is 3.04 bits per heavy atom. The van der Waals surface area contributed by atoms with E-state index in [1.165, 1.54) is 5.56 Å². The molecule has 27 heavy (non-hydrogen) atoms. The van der Waals surface area contributed by atoms with E-state index in [1.807, 2.05) is 39.8 Å². The van der Waals surface area contributed by atoms with Crippen LogP contribution in [0.4, 0.5) is 0 Å². The molecule has 1 amide bonds. The summed E-state index contributed by atoms with van der Waals surface area (Å²) in [6.45, 7) is 3.50. The normalized spacial score (nSPS) is 17.7. The number of nitrogens with zero attached hydrogens (tertiary/aromatic N) is 4. The first-order valence-corrected chi connectivity index (χ1v) is 9.37. The van der Waals surface area contributed by atoms with E-state index < -0.39 is 0 Å². The highest BCUT2D eigenvalue weighted by Crippen LogP contribution is 2.27. The van der Waals surface area contributed by atoms with E-state index in [0.717, 1.165) is 41.8 Å². The van der Waals surface area contributed by atoms with Gasteiger partial charge in [0.05, 0.1) is 0 Å². The van der Waals surface area contributed by atoms with Crippen LogP contribution in [0.3, 0.4) is 0 Å². The van der Waals surface area contributed by atoms with Crippen molar-refractivity contribution in [2.24, 2.45) is 0 Å². The zero-order valence-corrected chi connectivity index (χ0v) is 15.2. The number of hydrogen-bond acceptors (Lipinski definition) is 3. The van der Waals surface area contributed by atoms with Gasteiger partial charge in [-0.1, -0.05) is 18.2 Å². The molecular formula is C21H21N5O. The van der Waals surface area contributed by atoms with Crippen molar-refractivity contribution >= 4 is 22.5 Å². The molecule has 5 rings (SSSR count). The van der Waals surface area contributed by atoms with Gasteiger partial charge in [-0.3, -0.25) is 9.20 Å². The summed E-state index contributed by atoms with van der Waals surface area (Å²) in [6.07, 6.45) is 3.98. The van der Waals surface area contributed by atoms with Crippen LogP contribution < -0.4 is 0 Å². The molecule has 1 saturated heterocycles. The zero-order chi connectivity index (χ0) is 18.4. The van der Waals surface area contributed by atoms with E-state index >= 15 is 0 Å². The average Bonchev–Trinajstić information content (AvgIpc) is 3.31. The molecule has 6 heteroatoms. The molecule has 0 spiro atoms. The van der Waals surface area contributed by atoms with Gasteiger partial charge in [0.15, 0.2) is 5.65 Å². The number of fused-ring (bicyclic) bond motifs is 2. The van der Waals surface area contributed by atoms with Crippen LogP contribution in [-0.2, 0) is 0 Å². The van der Waals surface area contributed by atoms with Crippen LogP contribution in [0.1, 0.15) is 40.6 Å². The van der Waals surface area contributed by atoms with Crippen LogP contribution in [0.15, 0.2) is 48.7 Å². The van der Waals surface area contributed by atoms with Crippen molar-refractivity contribution in [3.8, 4) is 0 Å². The van der Waals surface area contributed by atoms with Crippen LogP contribution in [0.25, 0.3) is 16.6 Å². The van der Waals surface area contributed by atoms with Gasteiger partial charge in [0.2, 0.25) is 0 Å². The highest BCUT2D eigenvalue weighted by atomic mass is 16.2. The fourth-order valence-electron chi connectivity index (χ4n) is 4.04. The first-order valence-electron chi connectivity index (χ1n) is 9.37. The Labute approximate surface area is 156 Å². The van der Waals surface area contributed by atoms with E-state index in [4.69, 9.17) is 0 Å². The molecule has 1 N–H and O–H groups in total. The Balaban J connectivity index is 1.42. The number of aryl methyl sites for hydroxylation is 1. The molecule has 4 aromatic rings. The smallest absolute Gasteiger partial charge is 0.270 e. The molecule has 136 valence electrons. The van der Waals surface area contributed by atoms with Gasteiger partial charge in [-0.05, 0) is 49.6 Å². The van der Waals surface area contributed by atoms with Crippen molar-refractivity contribution in [2.45, 2.75) is 25.7 Å². The van der Waals surface area contributed by atoms with E-state index in [9.17, 15) is 4.79 Å². The molecule has 6 nitrogen and oxygen atoms in total. The number of aromatic nitrogens is 4. The van der Waals surface area contributed by atoms with Gasteiger partial charge in [-0.15, -0.1) is 10.2 Å². The lowest BCUT2D eigenvalue weighted by Gasteiger charge is -2.31. The number of nitrogens with one attached hydrogen (secondary N) is 1. The number of carbonyl (C=O) groups is 1. The molecule has 1 aliphatic heterocycles. The quantitative estimate of drug-likeness (QED) is 0.595. The van der Waals surface area contributed by atoms with E-state index in [1.54, 1.807) is 0 Å². The molecule has 0 radical (unpaired) electrons. The number of carbonyl (C=O) groups excluding carboxylic acids is 1. The van der Waals surface area contributed by atoms with Crippen LogP contribution in [0.5, 0.6) is 0 Å². The van der Waals surface area contributed by atoms with Gasteiger partial charge in [-0.2, -0.15) is 0 Å². The molecule has 1 fully saturated rings. The van der Waals surface area contributed by atoms with Crippen molar-refractivity contribution in [1.29, 1.82) is 0 Å². The summed E-state index contributed by atoms with van der Waals surface area (Å²) in [4.78, 5) is 18.3. The van der Waals surface area contributed by atoms with Crippen LogP contribution in [0, 0.1) is 6.92 Å². The number of piperidine rings is 1. The Kier molecular flexibility index (Phi) is 3.70. The molecule has 1 aromatic carbocycles. The van der Waals surface area contributed by atoms with Crippen molar-refractivity contribution in [2.75, 3.05) is 13.1 Å². The standard InChI is InChI=1S/C21H21N5O/c1-14-7-8-15-12-18(22-17(15)11-14)21(27)25-9-4-5-16(13-25)20-24-23-19-6-2-3-10-26(19)20/h2-3,6-8,10-12,16,22H,4-5,9,13H2,1H3. The van der Waals surface area contributed by atoms with Crippen molar-refractivity contribution in [1.82, 2.24) is 24.5 Å². The summed E-state index contributed by atoms with van der Waals surface area (Å²) in [5.74, 6) is 1.20. The Morgan fingerprint density at radius 2 is 2.11 bits per heavy atom. The fraction of sp³-hybridized carbons (Fsp3) is 0.286. The molecule has 4 heterocycles. The van der Waals surface area contributed by atoms with Crippen molar-refractivity contribution in [3.05, 3.63) is 65.7 Å². The SMILES string of the molecule is Cc1ccc2cc(C(=O)N3CCCC(c4nnc5ccccn45)C3)[nH]c2c1. The Bertz CT molecular complexity index is 1140. The minimum Gasteiger partial charge on any atom is -0.351 e. The van der Waals surface area contributed by atoms with Crippen molar-refractivity contribution in [3.63, 3.8) is 0 Å². The molecule has 0 bridgehead atoms. The summed E-state index contributed by atoms with van der Waals surface area (Å²) >= 11 is 0. The minimum atomic E-state index is 0.0578. The highest BCUT2D eigenvalue weighted by Gasteiger charge is 2.29. The number of hydrogen-bond donors (Lipinski definition) is 1. The Morgan fingerprint density at radius 1 is 1.19 bits per heavy atom. The third-order valence-corrected chi connectivity index (χ3v) is 5.42. The summed E-state index contributed by atoms with van der Waals surface area (Å²) in [7, 11) is 0. The van der Waals surface area contributed by atoms with Crippen LogP contribution >= 0.6 is 0 Å². The third-order valence-electron chi connectivity index (χ3n) is 5.42. The number of likely N-dealkylation sites (tertiary alicyclic amines) is 1.